The summed E-state index contributed by atoms with van der Waals surface area (Å²) in [6, 6.07) is 11.8. The van der Waals surface area contributed by atoms with Crippen LogP contribution in [-0.2, 0) is 21.2 Å². The van der Waals surface area contributed by atoms with Gasteiger partial charge in [-0.05, 0) is 78.1 Å². The lowest BCUT2D eigenvalue weighted by Crippen LogP contribution is -2.30. The normalized spacial score (nSPS) is 15.5. The topological polar surface area (TPSA) is 79.4 Å². The van der Waals surface area contributed by atoms with Crippen molar-refractivity contribution in [2.24, 2.45) is 0 Å². The largest absolute Gasteiger partial charge is 0.312 e. The van der Waals surface area contributed by atoms with Crippen molar-refractivity contribution in [3.8, 4) is 0 Å². The van der Waals surface area contributed by atoms with E-state index in [9.17, 15) is 13.2 Å². The molecular formula is C22H23N3O3S2. The molecule has 2 aromatic heterocycles. The summed E-state index contributed by atoms with van der Waals surface area (Å²) in [6.45, 7) is 2.62. The Morgan fingerprint density at radius 1 is 1.17 bits per heavy atom. The Labute approximate surface area is 180 Å². The molecule has 0 saturated carbocycles. The number of rotatable bonds is 7. The maximum Gasteiger partial charge on any atom is 0.241 e. The van der Waals surface area contributed by atoms with Gasteiger partial charge >= 0.3 is 0 Å². The third-order valence-electron chi connectivity index (χ3n) is 5.14. The first kappa shape index (κ1) is 20.7. The summed E-state index contributed by atoms with van der Waals surface area (Å²) >= 11 is 1.58. The second kappa shape index (κ2) is 8.67. The average molecular weight is 442 g/mol. The zero-order chi connectivity index (χ0) is 21.1. The number of thiophene rings is 1. The van der Waals surface area contributed by atoms with Crippen LogP contribution in [0.5, 0.6) is 0 Å². The van der Waals surface area contributed by atoms with Gasteiger partial charge in [0.1, 0.15) is 0 Å². The molecule has 0 radical (unpaired) electrons. The number of anilines is 1. The van der Waals surface area contributed by atoms with Crippen LogP contribution in [0, 0.1) is 6.92 Å². The van der Waals surface area contributed by atoms with Crippen molar-refractivity contribution < 1.29 is 13.2 Å². The molecule has 1 atom stereocenters. The van der Waals surface area contributed by atoms with Crippen molar-refractivity contribution in [1.29, 1.82) is 0 Å². The Bertz CT molecular complexity index is 1110. The zero-order valence-corrected chi connectivity index (χ0v) is 18.2. The van der Waals surface area contributed by atoms with Gasteiger partial charge in [-0.15, -0.1) is 0 Å². The smallest absolute Gasteiger partial charge is 0.241 e. The monoisotopic (exact) mass is 441 g/mol. The number of nitrogens with zero attached hydrogens (tertiary/aromatic N) is 2. The van der Waals surface area contributed by atoms with E-state index in [-0.39, 0.29) is 10.8 Å². The number of amides is 1. The first-order valence-corrected chi connectivity index (χ1v) is 12.2. The number of sulfonamides is 1. The second-order valence-electron chi connectivity index (χ2n) is 7.41. The van der Waals surface area contributed by atoms with Crippen molar-refractivity contribution >= 4 is 33.0 Å². The van der Waals surface area contributed by atoms with Crippen molar-refractivity contribution in [2.75, 3.05) is 11.4 Å². The predicted molar refractivity (Wildman–Crippen MR) is 118 cm³/mol. The van der Waals surface area contributed by atoms with Gasteiger partial charge in [0.05, 0.1) is 16.6 Å². The van der Waals surface area contributed by atoms with Crippen molar-refractivity contribution in [3.05, 3.63) is 76.2 Å². The Hall–Kier alpha value is -2.55. The highest BCUT2D eigenvalue weighted by atomic mass is 32.2. The average Bonchev–Trinajstić information content (AvgIpc) is 3.40. The second-order valence-corrected chi connectivity index (χ2v) is 9.91. The molecule has 3 aromatic rings. The van der Waals surface area contributed by atoms with Crippen LogP contribution in [0.3, 0.4) is 0 Å². The van der Waals surface area contributed by atoms with Gasteiger partial charge in [-0.1, -0.05) is 6.07 Å². The lowest BCUT2D eigenvalue weighted by Gasteiger charge is -2.19. The third-order valence-corrected chi connectivity index (χ3v) is 7.36. The van der Waals surface area contributed by atoms with Crippen LogP contribution in [0.4, 0.5) is 5.69 Å². The standard InChI is InChI=1S/C22H23N3O3S2/c1-16-4-9-20(23-14-16)21(13-17-10-12-29-15-17)24-30(27,28)19-7-5-18(6-8-19)25-11-2-3-22(25)26/h4-10,12,14-15,21,24H,2-3,11,13H2,1H3/t21-/m0/s1. The molecule has 0 bridgehead atoms. The van der Waals surface area contributed by atoms with Gasteiger partial charge in [0, 0.05) is 24.8 Å². The lowest BCUT2D eigenvalue weighted by atomic mass is 10.1. The number of aryl methyl sites for hydroxylation is 1. The molecule has 1 amide bonds. The van der Waals surface area contributed by atoms with E-state index >= 15 is 0 Å². The zero-order valence-electron chi connectivity index (χ0n) is 16.6. The van der Waals surface area contributed by atoms with Crippen LogP contribution in [0.25, 0.3) is 0 Å². The first-order chi connectivity index (χ1) is 14.4. The number of carbonyl (C=O) groups is 1. The molecule has 1 aliphatic rings. The van der Waals surface area contributed by atoms with Crippen LogP contribution in [-0.4, -0.2) is 25.9 Å². The highest BCUT2D eigenvalue weighted by Gasteiger charge is 2.25. The van der Waals surface area contributed by atoms with Gasteiger partial charge < -0.3 is 4.90 Å². The molecule has 0 spiro atoms. The van der Waals surface area contributed by atoms with Gasteiger partial charge in [0.2, 0.25) is 15.9 Å². The van der Waals surface area contributed by atoms with E-state index < -0.39 is 16.1 Å². The number of aromatic nitrogens is 1. The van der Waals surface area contributed by atoms with Crippen LogP contribution in [0.15, 0.2) is 64.3 Å². The quantitative estimate of drug-likeness (QED) is 0.604. The molecule has 156 valence electrons. The van der Waals surface area contributed by atoms with E-state index in [0.717, 1.165) is 23.2 Å². The van der Waals surface area contributed by atoms with E-state index in [2.05, 4.69) is 9.71 Å². The maximum absolute atomic E-state index is 13.1. The predicted octanol–water partition coefficient (Wildman–Crippen LogP) is 3.84. The van der Waals surface area contributed by atoms with Crippen molar-refractivity contribution in [2.45, 2.75) is 37.1 Å². The molecule has 6 nitrogen and oxygen atoms in total. The summed E-state index contributed by atoms with van der Waals surface area (Å²) in [5.74, 6) is 0.0741. The molecule has 8 heteroatoms. The summed E-state index contributed by atoms with van der Waals surface area (Å²) in [4.78, 5) is 18.2. The van der Waals surface area contributed by atoms with Gasteiger partial charge in [-0.2, -0.15) is 11.3 Å². The Balaban J connectivity index is 1.57. The summed E-state index contributed by atoms with van der Waals surface area (Å²) in [5, 5.41) is 3.99. The van der Waals surface area contributed by atoms with Crippen LogP contribution >= 0.6 is 11.3 Å². The summed E-state index contributed by atoms with van der Waals surface area (Å²) in [6.07, 6.45) is 3.62. The Kier molecular flexibility index (Phi) is 5.99. The lowest BCUT2D eigenvalue weighted by molar-refractivity contribution is -0.117. The summed E-state index contributed by atoms with van der Waals surface area (Å²) < 4.78 is 29.0. The van der Waals surface area contributed by atoms with Crippen LogP contribution in [0.2, 0.25) is 0 Å². The molecule has 1 fully saturated rings. The van der Waals surface area contributed by atoms with E-state index in [1.165, 1.54) is 0 Å². The van der Waals surface area contributed by atoms with Gasteiger partial charge in [-0.25, -0.2) is 13.1 Å². The molecule has 1 aromatic carbocycles. The highest BCUT2D eigenvalue weighted by molar-refractivity contribution is 7.89. The Morgan fingerprint density at radius 2 is 1.97 bits per heavy atom. The minimum absolute atomic E-state index is 0.0741. The van der Waals surface area contributed by atoms with E-state index in [1.807, 2.05) is 35.9 Å². The van der Waals surface area contributed by atoms with Gasteiger partial charge in [0.25, 0.3) is 0 Å². The molecule has 1 aliphatic heterocycles. The third kappa shape index (κ3) is 4.61. The van der Waals surface area contributed by atoms with Crippen molar-refractivity contribution in [1.82, 2.24) is 9.71 Å². The summed E-state index contributed by atoms with van der Waals surface area (Å²) in [5.41, 5.74) is 3.47. The molecule has 4 rings (SSSR count). The van der Waals surface area contributed by atoms with Crippen LogP contribution < -0.4 is 9.62 Å². The Morgan fingerprint density at radius 3 is 2.57 bits per heavy atom. The molecule has 3 heterocycles. The van der Waals surface area contributed by atoms with E-state index in [0.29, 0.717) is 25.1 Å². The number of benzene rings is 1. The molecular weight excluding hydrogens is 418 g/mol. The van der Waals surface area contributed by atoms with Gasteiger partial charge in [0.15, 0.2) is 0 Å². The molecule has 1 saturated heterocycles. The molecule has 0 aliphatic carbocycles. The first-order valence-electron chi connectivity index (χ1n) is 9.79. The fourth-order valence-electron chi connectivity index (χ4n) is 3.52. The highest BCUT2D eigenvalue weighted by Crippen LogP contribution is 2.25. The number of nitrogens with one attached hydrogen (secondary N) is 1. The van der Waals surface area contributed by atoms with Gasteiger partial charge in [-0.3, -0.25) is 9.78 Å². The number of pyridine rings is 1. The molecule has 0 unspecified atom stereocenters. The SMILES string of the molecule is Cc1ccc([C@H](Cc2ccsc2)NS(=O)(=O)c2ccc(N3CCCC3=O)cc2)nc1. The number of hydrogen-bond donors (Lipinski definition) is 1. The fourth-order valence-corrected chi connectivity index (χ4v) is 5.41. The van der Waals surface area contributed by atoms with E-state index in [1.54, 1.807) is 46.7 Å². The minimum atomic E-state index is -3.76. The van der Waals surface area contributed by atoms with Crippen LogP contribution in [0.1, 0.15) is 35.7 Å². The molecule has 30 heavy (non-hydrogen) atoms. The minimum Gasteiger partial charge on any atom is -0.312 e. The number of hydrogen-bond acceptors (Lipinski definition) is 5. The van der Waals surface area contributed by atoms with Crippen molar-refractivity contribution in [3.63, 3.8) is 0 Å². The maximum atomic E-state index is 13.1. The summed E-state index contributed by atoms with van der Waals surface area (Å²) in [7, 11) is -3.76. The van der Waals surface area contributed by atoms with E-state index in [4.69, 9.17) is 0 Å². The number of carbonyl (C=O) groups excluding carboxylic acids is 1. The molecule has 1 N–H and O–H groups in total. The fraction of sp³-hybridized carbons (Fsp3) is 0.273.